The minimum absolute atomic E-state index is 0.341. The van der Waals surface area contributed by atoms with Crippen molar-refractivity contribution in [1.82, 2.24) is 10.3 Å². The summed E-state index contributed by atoms with van der Waals surface area (Å²) in [4.78, 5) is 4.04. The van der Waals surface area contributed by atoms with Crippen LogP contribution in [0.25, 0.3) is 0 Å². The van der Waals surface area contributed by atoms with Gasteiger partial charge in [0.1, 0.15) is 0 Å². The van der Waals surface area contributed by atoms with E-state index in [9.17, 15) is 0 Å². The molecule has 0 aliphatic carbocycles. The van der Waals surface area contributed by atoms with Gasteiger partial charge in [-0.3, -0.25) is 4.98 Å². The average Bonchev–Trinajstić information content (AvgIpc) is 2.38. The van der Waals surface area contributed by atoms with E-state index in [4.69, 9.17) is 0 Å². The van der Waals surface area contributed by atoms with Crippen molar-refractivity contribution in [1.29, 1.82) is 0 Å². The van der Waals surface area contributed by atoms with Crippen LogP contribution in [0.2, 0.25) is 0 Å². The fourth-order valence-corrected chi connectivity index (χ4v) is 2.08. The molecule has 0 saturated heterocycles. The van der Waals surface area contributed by atoms with Crippen molar-refractivity contribution in [3.63, 3.8) is 0 Å². The summed E-state index contributed by atoms with van der Waals surface area (Å²) in [5, 5.41) is 3.55. The number of pyridine rings is 1. The number of rotatable bonds is 4. The summed E-state index contributed by atoms with van der Waals surface area (Å²) in [6.45, 7) is 7.37. The normalized spacial score (nSPS) is 12.4. The van der Waals surface area contributed by atoms with E-state index < -0.39 is 0 Å². The molecule has 1 atom stereocenters. The van der Waals surface area contributed by atoms with E-state index in [0.29, 0.717) is 6.04 Å². The predicted molar refractivity (Wildman–Crippen MR) is 75.4 cm³/mol. The molecule has 0 aliphatic rings. The first-order valence-electron chi connectivity index (χ1n) is 6.36. The standard InChI is InChI=1S/C16H20N2/c1-12-4-5-16(13(2)10-12)11-18-14(3)15-6-8-17-9-7-15/h4-10,14,18H,11H2,1-3H3/t14-/m1/s1. The van der Waals surface area contributed by atoms with Crippen LogP contribution in [0.1, 0.15) is 35.2 Å². The largest absolute Gasteiger partial charge is 0.306 e. The minimum atomic E-state index is 0.341. The van der Waals surface area contributed by atoms with Crippen LogP contribution < -0.4 is 5.32 Å². The van der Waals surface area contributed by atoms with Gasteiger partial charge in [-0.2, -0.15) is 0 Å². The number of nitrogens with one attached hydrogen (secondary N) is 1. The van der Waals surface area contributed by atoms with Crippen LogP contribution >= 0.6 is 0 Å². The highest BCUT2D eigenvalue weighted by atomic mass is 14.9. The first kappa shape index (κ1) is 12.8. The predicted octanol–water partition coefficient (Wildman–Crippen LogP) is 3.55. The third-order valence-corrected chi connectivity index (χ3v) is 3.30. The van der Waals surface area contributed by atoms with Crippen LogP contribution in [-0.4, -0.2) is 4.98 Å². The molecule has 0 fully saturated rings. The summed E-state index contributed by atoms with van der Waals surface area (Å²) < 4.78 is 0. The molecule has 0 amide bonds. The number of aryl methyl sites for hydroxylation is 2. The maximum Gasteiger partial charge on any atom is 0.0296 e. The zero-order valence-electron chi connectivity index (χ0n) is 11.3. The van der Waals surface area contributed by atoms with Crippen LogP contribution in [0.4, 0.5) is 0 Å². The molecule has 0 radical (unpaired) electrons. The SMILES string of the molecule is Cc1ccc(CN[C@H](C)c2ccncc2)c(C)c1. The maximum absolute atomic E-state index is 4.04. The van der Waals surface area contributed by atoms with Gasteiger partial charge in [0, 0.05) is 25.0 Å². The molecule has 2 rings (SSSR count). The molecular formula is C16H20N2. The summed E-state index contributed by atoms with van der Waals surface area (Å²) in [5.74, 6) is 0. The van der Waals surface area contributed by atoms with Gasteiger partial charge in [0.15, 0.2) is 0 Å². The molecular weight excluding hydrogens is 220 g/mol. The molecule has 18 heavy (non-hydrogen) atoms. The van der Waals surface area contributed by atoms with Gasteiger partial charge >= 0.3 is 0 Å². The van der Waals surface area contributed by atoms with Crippen molar-refractivity contribution in [2.24, 2.45) is 0 Å². The summed E-state index contributed by atoms with van der Waals surface area (Å²) in [5.41, 5.74) is 5.30. The van der Waals surface area contributed by atoms with Crippen molar-refractivity contribution < 1.29 is 0 Å². The van der Waals surface area contributed by atoms with Crippen LogP contribution in [0.15, 0.2) is 42.7 Å². The Kier molecular flexibility index (Phi) is 4.11. The minimum Gasteiger partial charge on any atom is -0.306 e. The van der Waals surface area contributed by atoms with Gasteiger partial charge in [0.05, 0.1) is 0 Å². The fraction of sp³-hybridized carbons (Fsp3) is 0.312. The Morgan fingerprint density at radius 1 is 1.11 bits per heavy atom. The van der Waals surface area contributed by atoms with Crippen molar-refractivity contribution in [3.8, 4) is 0 Å². The third kappa shape index (κ3) is 3.17. The molecule has 2 heteroatoms. The van der Waals surface area contributed by atoms with Crippen molar-refractivity contribution >= 4 is 0 Å². The summed E-state index contributed by atoms with van der Waals surface area (Å²) in [7, 11) is 0. The highest BCUT2D eigenvalue weighted by Crippen LogP contribution is 2.14. The molecule has 0 spiro atoms. The molecule has 1 aromatic carbocycles. The summed E-state index contributed by atoms with van der Waals surface area (Å²) >= 11 is 0. The number of hydrogen-bond donors (Lipinski definition) is 1. The second-order valence-electron chi connectivity index (χ2n) is 4.81. The topological polar surface area (TPSA) is 24.9 Å². The molecule has 0 aliphatic heterocycles. The van der Waals surface area contributed by atoms with Crippen LogP contribution in [0.5, 0.6) is 0 Å². The molecule has 0 bridgehead atoms. The monoisotopic (exact) mass is 240 g/mol. The Bertz CT molecular complexity index is 506. The van der Waals surface area contributed by atoms with Crippen molar-refractivity contribution in [3.05, 3.63) is 65.0 Å². The number of aromatic nitrogens is 1. The van der Waals surface area contributed by atoms with E-state index in [1.54, 1.807) is 0 Å². The lowest BCUT2D eigenvalue weighted by molar-refractivity contribution is 0.573. The van der Waals surface area contributed by atoms with Gasteiger partial charge in [0.2, 0.25) is 0 Å². The number of benzene rings is 1. The van der Waals surface area contributed by atoms with Gasteiger partial charge in [-0.15, -0.1) is 0 Å². The van der Waals surface area contributed by atoms with Gasteiger partial charge in [-0.05, 0) is 49.6 Å². The second-order valence-corrected chi connectivity index (χ2v) is 4.81. The van der Waals surface area contributed by atoms with Crippen molar-refractivity contribution in [2.45, 2.75) is 33.4 Å². The van der Waals surface area contributed by atoms with E-state index in [1.807, 2.05) is 12.4 Å². The highest BCUT2D eigenvalue weighted by molar-refractivity contribution is 5.30. The van der Waals surface area contributed by atoms with E-state index >= 15 is 0 Å². The van der Waals surface area contributed by atoms with E-state index in [1.165, 1.54) is 22.3 Å². The second kappa shape index (κ2) is 5.78. The third-order valence-electron chi connectivity index (χ3n) is 3.30. The molecule has 1 aromatic heterocycles. The van der Waals surface area contributed by atoms with E-state index in [0.717, 1.165) is 6.54 Å². The number of hydrogen-bond acceptors (Lipinski definition) is 2. The highest BCUT2D eigenvalue weighted by Gasteiger charge is 2.05. The van der Waals surface area contributed by atoms with Crippen LogP contribution in [-0.2, 0) is 6.54 Å². The van der Waals surface area contributed by atoms with Crippen molar-refractivity contribution in [2.75, 3.05) is 0 Å². The zero-order chi connectivity index (χ0) is 13.0. The molecule has 94 valence electrons. The average molecular weight is 240 g/mol. The maximum atomic E-state index is 4.04. The Morgan fingerprint density at radius 3 is 2.50 bits per heavy atom. The number of nitrogens with zero attached hydrogens (tertiary/aromatic N) is 1. The summed E-state index contributed by atoms with van der Waals surface area (Å²) in [6, 6.07) is 11.1. The van der Waals surface area contributed by atoms with Crippen LogP contribution in [0.3, 0.4) is 0 Å². The lowest BCUT2D eigenvalue weighted by atomic mass is 10.0. The Hall–Kier alpha value is -1.67. The first-order valence-corrected chi connectivity index (χ1v) is 6.36. The molecule has 0 unspecified atom stereocenters. The smallest absolute Gasteiger partial charge is 0.0296 e. The van der Waals surface area contributed by atoms with E-state index in [2.05, 4.69) is 61.4 Å². The molecule has 2 aromatic rings. The lowest BCUT2D eigenvalue weighted by Gasteiger charge is -2.15. The first-order chi connectivity index (χ1) is 8.66. The fourth-order valence-electron chi connectivity index (χ4n) is 2.08. The van der Waals surface area contributed by atoms with Gasteiger partial charge < -0.3 is 5.32 Å². The Labute approximate surface area is 109 Å². The molecule has 1 heterocycles. The van der Waals surface area contributed by atoms with Gasteiger partial charge in [0.25, 0.3) is 0 Å². The zero-order valence-corrected chi connectivity index (χ0v) is 11.3. The molecule has 2 nitrogen and oxygen atoms in total. The Morgan fingerprint density at radius 2 is 1.83 bits per heavy atom. The molecule has 1 N–H and O–H groups in total. The van der Waals surface area contributed by atoms with Gasteiger partial charge in [-0.1, -0.05) is 23.8 Å². The van der Waals surface area contributed by atoms with Crippen LogP contribution in [0, 0.1) is 13.8 Å². The quantitative estimate of drug-likeness (QED) is 0.884. The lowest BCUT2D eigenvalue weighted by Crippen LogP contribution is -2.18. The van der Waals surface area contributed by atoms with E-state index in [-0.39, 0.29) is 0 Å². The Balaban J connectivity index is 1.99. The van der Waals surface area contributed by atoms with Gasteiger partial charge in [-0.25, -0.2) is 0 Å². The summed E-state index contributed by atoms with van der Waals surface area (Å²) in [6.07, 6.45) is 3.68. The molecule has 0 saturated carbocycles.